The van der Waals surface area contributed by atoms with E-state index in [9.17, 15) is 9.90 Å². The lowest BCUT2D eigenvalue weighted by atomic mass is 9.79. The van der Waals surface area contributed by atoms with E-state index in [0.29, 0.717) is 25.3 Å². The van der Waals surface area contributed by atoms with Crippen molar-refractivity contribution in [2.45, 2.75) is 58.0 Å². The minimum absolute atomic E-state index is 0.123. The van der Waals surface area contributed by atoms with E-state index in [2.05, 4.69) is 12.2 Å². The molecule has 3 heteroatoms. The van der Waals surface area contributed by atoms with Gasteiger partial charge in [0.05, 0.1) is 6.10 Å². The summed E-state index contributed by atoms with van der Waals surface area (Å²) in [6, 6.07) is 9.60. The molecule has 1 aromatic carbocycles. The van der Waals surface area contributed by atoms with Gasteiger partial charge in [-0.2, -0.15) is 0 Å². The number of rotatable bonds is 7. The minimum Gasteiger partial charge on any atom is -0.388 e. The van der Waals surface area contributed by atoms with Crippen molar-refractivity contribution in [1.82, 2.24) is 5.32 Å². The van der Waals surface area contributed by atoms with Crippen molar-refractivity contribution in [2.24, 2.45) is 11.8 Å². The molecule has 0 heterocycles. The first-order chi connectivity index (χ1) is 10.7. The molecular weight excluding hydrogens is 274 g/mol. The molecule has 22 heavy (non-hydrogen) atoms. The quantitative estimate of drug-likeness (QED) is 0.804. The standard InChI is InChI=1S/C19H29NO2/c1-15(16-8-4-2-5-9-16)14-19(22)20-13-12-18(21)17-10-6-3-7-11-17/h3,6-7,10-11,15-16,18,21H,2,4-5,8-9,12-14H2,1H3,(H,20,22)/t15-,18+/m0/s1. The van der Waals surface area contributed by atoms with Gasteiger partial charge < -0.3 is 10.4 Å². The summed E-state index contributed by atoms with van der Waals surface area (Å²) in [6.45, 7) is 2.74. The van der Waals surface area contributed by atoms with E-state index in [1.807, 2.05) is 30.3 Å². The zero-order valence-electron chi connectivity index (χ0n) is 13.6. The third kappa shape index (κ3) is 5.45. The molecule has 122 valence electrons. The number of benzene rings is 1. The molecule has 1 fully saturated rings. The Morgan fingerprint density at radius 3 is 2.59 bits per heavy atom. The maximum absolute atomic E-state index is 12.0. The first-order valence-corrected chi connectivity index (χ1v) is 8.66. The highest BCUT2D eigenvalue weighted by Gasteiger charge is 2.22. The van der Waals surface area contributed by atoms with Crippen LogP contribution in [-0.4, -0.2) is 17.6 Å². The molecule has 0 spiro atoms. The Labute approximate surface area is 134 Å². The van der Waals surface area contributed by atoms with Gasteiger partial charge >= 0.3 is 0 Å². The molecule has 2 atom stereocenters. The van der Waals surface area contributed by atoms with Gasteiger partial charge in [-0.15, -0.1) is 0 Å². The van der Waals surface area contributed by atoms with Crippen LogP contribution in [0.25, 0.3) is 0 Å². The van der Waals surface area contributed by atoms with Crippen LogP contribution < -0.4 is 5.32 Å². The Hall–Kier alpha value is -1.35. The van der Waals surface area contributed by atoms with E-state index in [-0.39, 0.29) is 5.91 Å². The molecule has 0 radical (unpaired) electrons. The zero-order chi connectivity index (χ0) is 15.8. The molecule has 2 rings (SSSR count). The molecule has 1 amide bonds. The summed E-state index contributed by atoms with van der Waals surface area (Å²) < 4.78 is 0. The van der Waals surface area contributed by atoms with E-state index in [1.54, 1.807) is 0 Å². The second-order valence-electron chi connectivity index (χ2n) is 6.64. The maximum atomic E-state index is 12.0. The topological polar surface area (TPSA) is 49.3 Å². The Bertz CT molecular complexity index is 440. The van der Waals surface area contributed by atoms with Gasteiger partial charge in [-0.05, 0) is 23.8 Å². The Morgan fingerprint density at radius 1 is 1.23 bits per heavy atom. The van der Waals surface area contributed by atoms with Crippen molar-refractivity contribution < 1.29 is 9.90 Å². The maximum Gasteiger partial charge on any atom is 0.220 e. The van der Waals surface area contributed by atoms with Crippen molar-refractivity contribution in [3.05, 3.63) is 35.9 Å². The Kier molecular flexibility index (Phi) is 6.91. The van der Waals surface area contributed by atoms with Gasteiger partial charge in [-0.25, -0.2) is 0 Å². The number of hydrogen-bond acceptors (Lipinski definition) is 2. The first kappa shape index (κ1) is 17.0. The Morgan fingerprint density at radius 2 is 1.91 bits per heavy atom. The van der Waals surface area contributed by atoms with Crippen LogP contribution in [0.1, 0.15) is 63.5 Å². The number of aliphatic hydroxyl groups excluding tert-OH is 1. The van der Waals surface area contributed by atoms with Gasteiger partial charge in [0.2, 0.25) is 5.91 Å². The van der Waals surface area contributed by atoms with Crippen molar-refractivity contribution in [3.63, 3.8) is 0 Å². The van der Waals surface area contributed by atoms with E-state index in [0.717, 1.165) is 11.5 Å². The summed E-state index contributed by atoms with van der Waals surface area (Å²) in [7, 11) is 0. The van der Waals surface area contributed by atoms with E-state index in [4.69, 9.17) is 0 Å². The van der Waals surface area contributed by atoms with Crippen LogP contribution in [-0.2, 0) is 4.79 Å². The first-order valence-electron chi connectivity index (χ1n) is 8.66. The molecule has 0 bridgehead atoms. The lowest BCUT2D eigenvalue weighted by Gasteiger charge is -2.27. The van der Waals surface area contributed by atoms with Gasteiger partial charge in [0.1, 0.15) is 0 Å². The number of carbonyl (C=O) groups excluding carboxylic acids is 1. The van der Waals surface area contributed by atoms with E-state index < -0.39 is 6.10 Å². The SMILES string of the molecule is C[C@@H](CC(=O)NCC[C@@H](O)c1ccccc1)C1CCCCC1. The average molecular weight is 303 g/mol. The monoisotopic (exact) mass is 303 g/mol. The third-order valence-corrected chi connectivity index (χ3v) is 4.89. The fraction of sp³-hybridized carbons (Fsp3) is 0.632. The molecule has 0 aromatic heterocycles. The number of aliphatic hydroxyl groups is 1. The predicted molar refractivity (Wildman–Crippen MR) is 89.4 cm³/mol. The number of nitrogens with one attached hydrogen (secondary N) is 1. The van der Waals surface area contributed by atoms with E-state index in [1.165, 1.54) is 32.1 Å². The second-order valence-corrected chi connectivity index (χ2v) is 6.64. The lowest BCUT2D eigenvalue weighted by Crippen LogP contribution is -2.29. The molecular formula is C19H29NO2. The van der Waals surface area contributed by atoms with Gasteiger partial charge in [-0.1, -0.05) is 69.4 Å². The van der Waals surface area contributed by atoms with Crippen LogP contribution in [0.4, 0.5) is 0 Å². The lowest BCUT2D eigenvalue weighted by molar-refractivity contribution is -0.122. The fourth-order valence-corrected chi connectivity index (χ4v) is 3.42. The van der Waals surface area contributed by atoms with Crippen molar-refractivity contribution in [2.75, 3.05) is 6.54 Å². The van der Waals surface area contributed by atoms with Gasteiger partial charge in [0.15, 0.2) is 0 Å². The van der Waals surface area contributed by atoms with Crippen LogP contribution >= 0.6 is 0 Å². The highest BCUT2D eigenvalue weighted by molar-refractivity contribution is 5.76. The molecule has 1 aliphatic rings. The van der Waals surface area contributed by atoms with Crippen LogP contribution in [0.2, 0.25) is 0 Å². The van der Waals surface area contributed by atoms with Crippen molar-refractivity contribution >= 4 is 5.91 Å². The smallest absolute Gasteiger partial charge is 0.220 e. The van der Waals surface area contributed by atoms with Gasteiger partial charge in [0, 0.05) is 13.0 Å². The highest BCUT2D eigenvalue weighted by atomic mass is 16.3. The molecule has 0 saturated heterocycles. The van der Waals surface area contributed by atoms with Crippen LogP contribution in [0.3, 0.4) is 0 Å². The minimum atomic E-state index is -0.503. The fourth-order valence-electron chi connectivity index (χ4n) is 3.42. The zero-order valence-corrected chi connectivity index (χ0v) is 13.6. The molecule has 1 saturated carbocycles. The highest BCUT2D eigenvalue weighted by Crippen LogP contribution is 2.31. The summed E-state index contributed by atoms with van der Waals surface area (Å²) in [4.78, 5) is 12.0. The largest absolute Gasteiger partial charge is 0.388 e. The van der Waals surface area contributed by atoms with Gasteiger partial charge in [-0.3, -0.25) is 4.79 Å². The second kappa shape index (κ2) is 8.94. The molecule has 0 aliphatic heterocycles. The number of hydrogen-bond donors (Lipinski definition) is 2. The average Bonchev–Trinajstić information content (AvgIpc) is 2.56. The molecule has 1 aromatic rings. The van der Waals surface area contributed by atoms with Crippen LogP contribution in [0.15, 0.2) is 30.3 Å². The van der Waals surface area contributed by atoms with Gasteiger partial charge in [0.25, 0.3) is 0 Å². The normalized spacial score (nSPS) is 18.6. The summed E-state index contributed by atoms with van der Waals surface area (Å²) in [5.41, 5.74) is 0.910. The molecule has 1 aliphatic carbocycles. The summed E-state index contributed by atoms with van der Waals surface area (Å²) >= 11 is 0. The molecule has 0 unspecified atom stereocenters. The molecule has 3 nitrogen and oxygen atoms in total. The van der Waals surface area contributed by atoms with E-state index >= 15 is 0 Å². The summed E-state index contributed by atoms with van der Waals surface area (Å²) in [5.74, 6) is 1.31. The Balaban J connectivity index is 1.65. The van der Waals surface area contributed by atoms with Crippen LogP contribution in [0.5, 0.6) is 0 Å². The van der Waals surface area contributed by atoms with Crippen LogP contribution in [0, 0.1) is 11.8 Å². The third-order valence-electron chi connectivity index (χ3n) is 4.89. The summed E-state index contributed by atoms with van der Waals surface area (Å²) in [5, 5.41) is 13.0. The van der Waals surface area contributed by atoms with Crippen molar-refractivity contribution in [1.29, 1.82) is 0 Å². The number of carbonyl (C=O) groups is 1. The summed E-state index contributed by atoms with van der Waals surface area (Å²) in [6.07, 6.45) is 7.23. The number of amides is 1. The van der Waals surface area contributed by atoms with Crippen molar-refractivity contribution in [3.8, 4) is 0 Å². The predicted octanol–water partition coefficient (Wildman–Crippen LogP) is 3.83. The molecule has 2 N–H and O–H groups in total.